The van der Waals surface area contributed by atoms with E-state index in [-0.39, 0.29) is 0 Å². The first kappa shape index (κ1) is 10.5. The van der Waals surface area contributed by atoms with Crippen LogP contribution in [0.3, 0.4) is 0 Å². The third-order valence-corrected chi connectivity index (χ3v) is 2.83. The smallest absolute Gasteiger partial charge is 0.354 e. The molecular weight excluding hydrogens is 281 g/mol. The topological polar surface area (TPSA) is 42.1 Å². The molecule has 0 aliphatic carbocycles. The first-order chi connectivity index (χ1) is 7.11. The predicted octanol–water partition coefficient (Wildman–Crippen LogP) is 3.37. The highest BCUT2D eigenvalue weighted by molar-refractivity contribution is 9.10. The summed E-state index contributed by atoms with van der Waals surface area (Å²) in [4.78, 5) is 14.2. The van der Waals surface area contributed by atoms with Gasteiger partial charge in [-0.2, -0.15) is 0 Å². The van der Waals surface area contributed by atoms with Crippen molar-refractivity contribution in [2.75, 3.05) is 7.11 Å². The minimum absolute atomic E-state index is 0.396. The van der Waals surface area contributed by atoms with E-state index >= 15 is 0 Å². The van der Waals surface area contributed by atoms with Gasteiger partial charge >= 0.3 is 5.97 Å². The van der Waals surface area contributed by atoms with E-state index < -0.39 is 5.97 Å². The van der Waals surface area contributed by atoms with Crippen LogP contribution in [0.1, 0.15) is 10.5 Å². The molecule has 1 aromatic heterocycles. The van der Waals surface area contributed by atoms with Gasteiger partial charge in [-0.25, -0.2) is 4.79 Å². The fourth-order valence-electron chi connectivity index (χ4n) is 1.38. The maximum Gasteiger partial charge on any atom is 0.354 e. The Kier molecular flexibility index (Phi) is 2.71. The maximum absolute atomic E-state index is 11.3. The van der Waals surface area contributed by atoms with Crippen LogP contribution < -0.4 is 0 Å². The molecule has 78 valence electrons. The molecule has 0 amide bonds. The van der Waals surface area contributed by atoms with Crippen LogP contribution in [0.15, 0.2) is 22.7 Å². The zero-order chi connectivity index (χ0) is 11.0. The second-order valence-electron chi connectivity index (χ2n) is 3.02. The molecule has 5 heteroatoms. The monoisotopic (exact) mass is 287 g/mol. The number of carbonyl (C=O) groups is 1. The summed E-state index contributed by atoms with van der Waals surface area (Å²) in [6.45, 7) is 0. The molecule has 2 rings (SSSR count). The van der Waals surface area contributed by atoms with Gasteiger partial charge in [-0.05, 0) is 18.2 Å². The van der Waals surface area contributed by atoms with Gasteiger partial charge in [-0.1, -0.05) is 27.5 Å². The molecular formula is C10H7BrClNO2. The molecule has 0 aliphatic rings. The van der Waals surface area contributed by atoms with E-state index in [0.29, 0.717) is 10.7 Å². The summed E-state index contributed by atoms with van der Waals surface area (Å²) in [5, 5.41) is 1.39. The van der Waals surface area contributed by atoms with E-state index in [9.17, 15) is 4.79 Å². The number of carbonyl (C=O) groups excluding carboxylic acids is 1. The Labute approximate surface area is 99.5 Å². The number of hydrogen-bond acceptors (Lipinski definition) is 2. The quantitative estimate of drug-likeness (QED) is 0.818. The number of H-pyrrole nitrogens is 1. The van der Waals surface area contributed by atoms with E-state index in [4.69, 9.17) is 11.6 Å². The lowest BCUT2D eigenvalue weighted by Gasteiger charge is -1.94. The third kappa shape index (κ3) is 1.87. The van der Waals surface area contributed by atoms with Gasteiger partial charge in [-0.15, -0.1) is 0 Å². The summed E-state index contributed by atoms with van der Waals surface area (Å²) in [5.41, 5.74) is 1.20. The molecule has 0 saturated heterocycles. The number of rotatable bonds is 1. The van der Waals surface area contributed by atoms with E-state index in [1.807, 2.05) is 6.07 Å². The number of nitrogens with one attached hydrogen (secondary N) is 1. The molecule has 2 aromatic rings. The van der Waals surface area contributed by atoms with Crippen LogP contribution in [0.4, 0.5) is 0 Å². The van der Waals surface area contributed by atoms with Crippen LogP contribution in [-0.2, 0) is 4.74 Å². The van der Waals surface area contributed by atoms with Gasteiger partial charge in [0.05, 0.1) is 12.1 Å². The van der Waals surface area contributed by atoms with E-state index in [1.54, 1.807) is 12.1 Å². The largest absolute Gasteiger partial charge is 0.464 e. The molecule has 0 radical (unpaired) electrons. The Bertz CT molecular complexity index is 535. The van der Waals surface area contributed by atoms with Crippen LogP contribution in [0.5, 0.6) is 0 Å². The Morgan fingerprint density at radius 1 is 1.47 bits per heavy atom. The lowest BCUT2D eigenvalue weighted by atomic mass is 10.2. The number of ether oxygens (including phenoxy) is 1. The zero-order valence-electron chi connectivity index (χ0n) is 7.80. The van der Waals surface area contributed by atoms with Crippen molar-refractivity contribution in [2.45, 2.75) is 0 Å². The zero-order valence-corrected chi connectivity index (χ0v) is 10.1. The number of halogens is 2. The van der Waals surface area contributed by atoms with Crippen LogP contribution in [-0.4, -0.2) is 18.1 Å². The van der Waals surface area contributed by atoms with Gasteiger partial charge in [0.1, 0.15) is 5.69 Å². The lowest BCUT2D eigenvalue weighted by Crippen LogP contribution is -2.00. The number of methoxy groups -OCH3 is 1. The molecule has 0 bridgehead atoms. The number of esters is 1. The fraction of sp³-hybridized carbons (Fsp3) is 0.100. The molecule has 1 aromatic carbocycles. The Balaban J connectivity index is 2.65. The van der Waals surface area contributed by atoms with Crippen LogP contribution in [0.2, 0.25) is 5.02 Å². The van der Waals surface area contributed by atoms with Crippen molar-refractivity contribution in [1.29, 1.82) is 0 Å². The van der Waals surface area contributed by atoms with Crippen molar-refractivity contribution in [3.05, 3.63) is 33.4 Å². The molecule has 3 nitrogen and oxygen atoms in total. The van der Waals surface area contributed by atoms with Crippen molar-refractivity contribution in [2.24, 2.45) is 0 Å². The molecule has 0 fully saturated rings. The molecule has 1 N–H and O–H groups in total. The van der Waals surface area contributed by atoms with Crippen LogP contribution in [0, 0.1) is 0 Å². The van der Waals surface area contributed by atoms with Crippen LogP contribution >= 0.6 is 27.5 Å². The molecule has 0 saturated carbocycles. The lowest BCUT2D eigenvalue weighted by molar-refractivity contribution is 0.0595. The molecule has 0 aliphatic heterocycles. The fourth-order valence-corrected chi connectivity index (χ4v) is 2.24. The number of fused-ring (bicyclic) bond motifs is 1. The predicted molar refractivity (Wildman–Crippen MR) is 62.3 cm³/mol. The number of benzene rings is 1. The maximum atomic E-state index is 11.3. The van der Waals surface area contributed by atoms with Gasteiger partial charge in [-0.3, -0.25) is 0 Å². The highest BCUT2D eigenvalue weighted by Crippen LogP contribution is 2.28. The van der Waals surface area contributed by atoms with Gasteiger partial charge < -0.3 is 9.72 Å². The second-order valence-corrected chi connectivity index (χ2v) is 4.35. The van der Waals surface area contributed by atoms with Crippen molar-refractivity contribution < 1.29 is 9.53 Å². The van der Waals surface area contributed by atoms with E-state index in [1.165, 1.54) is 7.11 Å². The average molecular weight is 289 g/mol. The van der Waals surface area contributed by atoms with Crippen molar-refractivity contribution in [3.63, 3.8) is 0 Å². The number of aromatic nitrogens is 1. The average Bonchev–Trinajstić information content (AvgIpc) is 2.60. The van der Waals surface area contributed by atoms with Gasteiger partial charge in [0, 0.05) is 15.4 Å². The Hall–Kier alpha value is -1.00. The highest BCUT2D eigenvalue weighted by Gasteiger charge is 2.11. The molecule has 0 spiro atoms. The van der Waals surface area contributed by atoms with E-state index in [0.717, 1.165) is 15.4 Å². The molecule has 15 heavy (non-hydrogen) atoms. The van der Waals surface area contributed by atoms with Crippen molar-refractivity contribution in [1.82, 2.24) is 4.98 Å². The minimum Gasteiger partial charge on any atom is -0.464 e. The first-order valence-electron chi connectivity index (χ1n) is 4.18. The molecule has 0 unspecified atom stereocenters. The van der Waals surface area contributed by atoms with Gasteiger partial charge in [0.15, 0.2) is 0 Å². The first-order valence-corrected chi connectivity index (χ1v) is 5.35. The van der Waals surface area contributed by atoms with Gasteiger partial charge in [0.2, 0.25) is 0 Å². The highest BCUT2D eigenvalue weighted by atomic mass is 79.9. The standard InChI is InChI=1S/C10H7BrClNO2/c1-15-10(14)9-4-6-7(12)2-5(11)3-8(6)13-9/h2-4,13H,1H3. The summed E-state index contributed by atoms with van der Waals surface area (Å²) in [5.74, 6) is -0.404. The SMILES string of the molecule is COC(=O)c1cc2c(Cl)cc(Br)cc2[nH]1. The van der Waals surface area contributed by atoms with Crippen molar-refractivity contribution >= 4 is 44.4 Å². The number of hydrogen-bond donors (Lipinski definition) is 1. The summed E-state index contributed by atoms with van der Waals surface area (Å²) in [6, 6.07) is 5.31. The Morgan fingerprint density at radius 2 is 2.20 bits per heavy atom. The number of aromatic amines is 1. The van der Waals surface area contributed by atoms with E-state index in [2.05, 4.69) is 25.7 Å². The second kappa shape index (κ2) is 3.87. The Morgan fingerprint density at radius 3 is 2.87 bits per heavy atom. The molecule has 0 atom stereocenters. The summed E-state index contributed by atoms with van der Waals surface area (Å²) in [7, 11) is 1.34. The van der Waals surface area contributed by atoms with Crippen LogP contribution in [0.25, 0.3) is 10.9 Å². The summed E-state index contributed by atoms with van der Waals surface area (Å²) in [6.07, 6.45) is 0. The van der Waals surface area contributed by atoms with Gasteiger partial charge in [0.25, 0.3) is 0 Å². The summed E-state index contributed by atoms with van der Waals surface area (Å²) >= 11 is 9.35. The molecule has 1 heterocycles. The minimum atomic E-state index is -0.404. The normalized spacial score (nSPS) is 10.6. The third-order valence-electron chi connectivity index (χ3n) is 2.06. The van der Waals surface area contributed by atoms with Crippen molar-refractivity contribution in [3.8, 4) is 0 Å². The summed E-state index contributed by atoms with van der Waals surface area (Å²) < 4.78 is 5.47.